The molecule has 1 aromatic carbocycles. The van der Waals surface area contributed by atoms with Crippen LogP contribution in [-0.4, -0.2) is 32.8 Å². The lowest BCUT2D eigenvalue weighted by molar-refractivity contribution is 0.145. The van der Waals surface area contributed by atoms with Crippen molar-refractivity contribution >= 4 is 29.9 Å². The van der Waals surface area contributed by atoms with Crippen LogP contribution in [0.1, 0.15) is 24.5 Å². The van der Waals surface area contributed by atoms with E-state index in [-0.39, 0.29) is 36.3 Å². The summed E-state index contributed by atoms with van der Waals surface area (Å²) in [5.74, 6) is 0.251. The summed E-state index contributed by atoms with van der Waals surface area (Å²) in [7, 11) is 1.65. The van der Waals surface area contributed by atoms with Gasteiger partial charge >= 0.3 is 0 Å². The third kappa shape index (κ3) is 7.56. The van der Waals surface area contributed by atoms with E-state index < -0.39 is 0 Å². The van der Waals surface area contributed by atoms with Gasteiger partial charge in [0.2, 0.25) is 0 Å². The third-order valence-corrected chi connectivity index (χ3v) is 2.81. The van der Waals surface area contributed by atoms with Crippen LogP contribution >= 0.6 is 24.0 Å². The van der Waals surface area contributed by atoms with Crippen molar-refractivity contribution in [2.45, 2.75) is 19.9 Å². The van der Waals surface area contributed by atoms with Crippen molar-refractivity contribution in [2.75, 3.05) is 26.8 Å². The fraction of sp³-hybridized carbons (Fsp3) is 0.467. The quantitative estimate of drug-likeness (QED) is 0.308. The Balaban J connectivity index is 0.00000441. The van der Waals surface area contributed by atoms with E-state index in [4.69, 9.17) is 10.00 Å². The third-order valence-electron chi connectivity index (χ3n) is 2.81. The number of aliphatic imine (C=N–C) groups is 1. The highest BCUT2D eigenvalue weighted by molar-refractivity contribution is 14.0. The van der Waals surface area contributed by atoms with Crippen LogP contribution in [0.2, 0.25) is 0 Å². The number of guanidine groups is 1. The molecule has 0 unspecified atom stereocenters. The molecule has 0 aliphatic rings. The first kappa shape index (κ1) is 20.6. The van der Waals surface area contributed by atoms with Gasteiger partial charge in [0, 0.05) is 38.9 Å². The van der Waals surface area contributed by atoms with Crippen LogP contribution in [0.3, 0.4) is 0 Å². The number of hydrogen-bond donors (Lipinski definition) is 2. The molecule has 0 saturated carbocycles. The van der Waals surface area contributed by atoms with Crippen molar-refractivity contribution in [2.24, 2.45) is 4.99 Å². The second kappa shape index (κ2) is 12.2. The fourth-order valence-electron chi connectivity index (χ4n) is 1.70. The largest absolute Gasteiger partial charge is 0.382 e. The average Bonchev–Trinajstić information content (AvgIpc) is 2.51. The van der Waals surface area contributed by atoms with E-state index >= 15 is 0 Å². The lowest BCUT2D eigenvalue weighted by atomic mass is 10.1. The van der Waals surface area contributed by atoms with E-state index in [1.165, 1.54) is 18.2 Å². The lowest BCUT2D eigenvalue weighted by Crippen LogP contribution is -2.37. The van der Waals surface area contributed by atoms with E-state index in [1.54, 1.807) is 7.05 Å². The Morgan fingerprint density at radius 3 is 2.82 bits per heavy atom. The molecule has 0 amide bonds. The molecule has 0 radical (unpaired) electrons. The molecule has 0 aliphatic heterocycles. The minimum Gasteiger partial charge on any atom is -0.382 e. The fourth-order valence-corrected chi connectivity index (χ4v) is 1.70. The Bertz CT molecular complexity index is 517. The summed E-state index contributed by atoms with van der Waals surface area (Å²) in [6.45, 7) is 4.35. The SMILES string of the molecule is CCOCCCNC(=NC)NCc1cc(C#N)ccc1F.I. The second-order valence-electron chi connectivity index (χ2n) is 4.32. The van der Waals surface area contributed by atoms with Gasteiger partial charge in [0.05, 0.1) is 11.6 Å². The zero-order chi connectivity index (χ0) is 15.5. The molecule has 0 saturated heterocycles. The number of nitrogens with zero attached hydrogens (tertiary/aromatic N) is 2. The number of halogens is 2. The summed E-state index contributed by atoms with van der Waals surface area (Å²) in [5, 5.41) is 15.0. The van der Waals surface area contributed by atoms with Crippen LogP contribution < -0.4 is 10.6 Å². The number of ether oxygens (including phenoxy) is 1. The van der Waals surface area contributed by atoms with Crippen LogP contribution in [0.5, 0.6) is 0 Å². The molecule has 0 fully saturated rings. The van der Waals surface area contributed by atoms with Gasteiger partial charge in [0.1, 0.15) is 5.82 Å². The van der Waals surface area contributed by atoms with Crippen LogP contribution in [-0.2, 0) is 11.3 Å². The van der Waals surface area contributed by atoms with Crippen molar-refractivity contribution in [3.05, 3.63) is 35.1 Å². The van der Waals surface area contributed by atoms with E-state index in [9.17, 15) is 4.39 Å². The summed E-state index contributed by atoms with van der Waals surface area (Å²) in [5.41, 5.74) is 0.874. The van der Waals surface area contributed by atoms with Gasteiger partial charge in [-0.2, -0.15) is 5.26 Å². The number of nitrogens with one attached hydrogen (secondary N) is 2. The lowest BCUT2D eigenvalue weighted by Gasteiger charge is -2.12. The van der Waals surface area contributed by atoms with Gasteiger partial charge in [-0.05, 0) is 31.5 Å². The Morgan fingerprint density at radius 2 is 2.18 bits per heavy atom. The molecular weight excluding hydrogens is 398 g/mol. The summed E-state index contributed by atoms with van der Waals surface area (Å²) in [4.78, 5) is 4.06. The zero-order valence-electron chi connectivity index (χ0n) is 12.9. The van der Waals surface area contributed by atoms with Crippen molar-refractivity contribution in [1.29, 1.82) is 5.26 Å². The van der Waals surface area contributed by atoms with Crippen molar-refractivity contribution < 1.29 is 9.13 Å². The highest BCUT2D eigenvalue weighted by atomic mass is 127. The van der Waals surface area contributed by atoms with Crippen LogP contribution in [0, 0.1) is 17.1 Å². The average molecular weight is 420 g/mol. The first-order valence-corrected chi connectivity index (χ1v) is 6.92. The molecule has 7 heteroatoms. The highest BCUT2D eigenvalue weighted by Gasteiger charge is 2.05. The molecule has 0 atom stereocenters. The summed E-state index contributed by atoms with van der Waals surface area (Å²) in [6.07, 6.45) is 0.868. The predicted molar refractivity (Wildman–Crippen MR) is 95.8 cm³/mol. The Kier molecular flexibility index (Phi) is 11.4. The standard InChI is InChI=1S/C15H21FN4O.HI/c1-3-21-8-4-7-19-15(18-2)20-11-13-9-12(10-17)5-6-14(13)16;/h5-6,9H,3-4,7-8,11H2,1-2H3,(H2,18,19,20);1H. The van der Waals surface area contributed by atoms with Gasteiger partial charge in [-0.25, -0.2) is 4.39 Å². The molecule has 0 spiro atoms. The van der Waals surface area contributed by atoms with Crippen LogP contribution in [0.25, 0.3) is 0 Å². The molecule has 0 aliphatic carbocycles. The molecule has 0 bridgehead atoms. The van der Waals surface area contributed by atoms with Crippen molar-refractivity contribution in [3.8, 4) is 6.07 Å². The van der Waals surface area contributed by atoms with Crippen molar-refractivity contribution in [3.63, 3.8) is 0 Å². The van der Waals surface area contributed by atoms with E-state index in [0.717, 1.165) is 13.0 Å². The normalized spacial score (nSPS) is 10.5. The first-order chi connectivity index (χ1) is 10.2. The smallest absolute Gasteiger partial charge is 0.191 e. The Morgan fingerprint density at radius 1 is 1.41 bits per heavy atom. The molecule has 0 aromatic heterocycles. The van der Waals surface area contributed by atoms with E-state index in [2.05, 4.69) is 15.6 Å². The maximum absolute atomic E-state index is 13.6. The van der Waals surface area contributed by atoms with Gasteiger partial charge in [-0.1, -0.05) is 0 Å². The number of hydrogen-bond acceptors (Lipinski definition) is 3. The van der Waals surface area contributed by atoms with E-state index in [1.807, 2.05) is 13.0 Å². The minimum atomic E-state index is -0.340. The maximum Gasteiger partial charge on any atom is 0.191 e. The van der Waals surface area contributed by atoms with Crippen molar-refractivity contribution in [1.82, 2.24) is 10.6 Å². The maximum atomic E-state index is 13.6. The van der Waals surface area contributed by atoms with Crippen LogP contribution in [0.15, 0.2) is 23.2 Å². The molecular formula is C15H22FIN4O. The van der Waals surface area contributed by atoms with Gasteiger partial charge in [0.15, 0.2) is 5.96 Å². The summed E-state index contributed by atoms with van der Waals surface area (Å²) >= 11 is 0. The molecule has 1 rings (SSSR count). The molecule has 122 valence electrons. The van der Waals surface area contributed by atoms with Gasteiger partial charge in [-0.15, -0.1) is 24.0 Å². The molecule has 5 nitrogen and oxygen atoms in total. The molecule has 2 N–H and O–H groups in total. The minimum absolute atomic E-state index is 0. The zero-order valence-corrected chi connectivity index (χ0v) is 15.2. The summed E-state index contributed by atoms with van der Waals surface area (Å²) in [6, 6.07) is 6.29. The van der Waals surface area contributed by atoms with Gasteiger partial charge in [-0.3, -0.25) is 4.99 Å². The first-order valence-electron chi connectivity index (χ1n) is 6.92. The monoisotopic (exact) mass is 420 g/mol. The Labute approximate surface area is 148 Å². The predicted octanol–water partition coefficient (Wildman–Crippen LogP) is 2.41. The second-order valence-corrected chi connectivity index (χ2v) is 4.32. The number of benzene rings is 1. The number of rotatable bonds is 7. The molecule has 0 heterocycles. The topological polar surface area (TPSA) is 69.4 Å². The Hall–Kier alpha value is -1.40. The number of nitriles is 1. The van der Waals surface area contributed by atoms with Gasteiger partial charge in [0.25, 0.3) is 0 Å². The van der Waals surface area contributed by atoms with Crippen LogP contribution in [0.4, 0.5) is 4.39 Å². The van der Waals surface area contributed by atoms with Gasteiger partial charge < -0.3 is 15.4 Å². The molecule has 1 aromatic rings. The van der Waals surface area contributed by atoms with E-state index in [0.29, 0.717) is 30.3 Å². The summed E-state index contributed by atoms with van der Waals surface area (Å²) < 4.78 is 18.9. The molecule has 22 heavy (non-hydrogen) atoms. The highest BCUT2D eigenvalue weighted by Crippen LogP contribution is 2.09.